The molecule has 116 valence electrons. The molecular weight excluding hydrogens is 292 g/mol. The number of H-pyrrole nitrogens is 1. The Morgan fingerprint density at radius 2 is 1.74 bits per heavy atom. The first-order valence-electron chi connectivity index (χ1n) is 7.28. The maximum absolute atomic E-state index is 12.0. The Morgan fingerprint density at radius 3 is 2.52 bits per heavy atom. The predicted molar refractivity (Wildman–Crippen MR) is 86.9 cm³/mol. The van der Waals surface area contributed by atoms with Gasteiger partial charge in [0.25, 0.3) is 5.91 Å². The van der Waals surface area contributed by atoms with Crippen LogP contribution in [-0.2, 0) is 16.1 Å². The normalized spacial score (nSPS) is 10.4. The molecular formula is C18H16N2O3. The first-order valence-corrected chi connectivity index (χ1v) is 7.28. The molecule has 0 radical (unpaired) electrons. The van der Waals surface area contributed by atoms with Gasteiger partial charge in [-0.15, -0.1) is 0 Å². The van der Waals surface area contributed by atoms with Crippen molar-refractivity contribution in [3.8, 4) is 0 Å². The number of para-hydroxylation sites is 1. The lowest BCUT2D eigenvalue weighted by Crippen LogP contribution is -2.28. The molecule has 0 saturated carbocycles. The van der Waals surface area contributed by atoms with Crippen LogP contribution in [-0.4, -0.2) is 23.5 Å². The van der Waals surface area contributed by atoms with E-state index in [1.165, 1.54) is 0 Å². The molecule has 0 fully saturated rings. The number of ether oxygens (including phenoxy) is 1. The van der Waals surface area contributed by atoms with E-state index in [9.17, 15) is 9.59 Å². The summed E-state index contributed by atoms with van der Waals surface area (Å²) in [6.45, 7) is 0.102. The number of carbonyl (C=O) groups is 2. The van der Waals surface area contributed by atoms with Gasteiger partial charge in [-0.05, 0) is 17.7 Å². The summed E-state index contributed by atoms with van der Waals surface area (Å²) in [5.74, 6) is -0.880. The Labute approximate surface area is 133 Å². The van der Waals surface area contributed by atoms with Gasteiger partial charge in [0.15, 0.2) is 6.61 Å². The largest absolute Gasteiger partial charge is 0.451 e. The van der Waals surface area contributed by atoms with Crippen LogP contribution in [0.4, 0.5) is 0 Å². The number of fused-ring (bicyclic) bond motifs is 1. The van der Waals surface area contributed by atoms with Crippen molar-refractivity contribution in [1.82, 2.24) is 10.3 Å². The van der Waals surface area contributed by atoms with E-state index >= 15 is 0 Å². The zero-order chi connectivity index (χ0) is 16.1. The Kier molecular flexibility index (Phi) is 4.38. The number of esters is 1. The molecule has 0 aliphatic heterocycles. The van der Waals surface area contributed by atoms with Crippen molar-refractivity contribution >= 4 is 22.8 Å². The number of aromatic nitrogens is 1. The molecule has 2 aromatic carbocycles. The fourth-order valence-corrected chi connectivity index (χ4v) is 2.24. The van der Waals surface area contributed by atoms with Gasteiger partial charge in [-0.25, -0.2) is 4.79 Å². The Morgan fingerprint density at radius 1 is 1.00 bits per heavy atom. The van der Waals surface area contributed by atoms with Gasteiger partial charge in [-0.2, -0.15) is 0 Å². The molecule has 1 heterocycles. The summed E-state index contributed by atoms with van der Waals surface area (Å²) < 4.78 is 5.03. The molecule has 2 N–H and O–H groups in total. The first-order chi connectivity index (χ1) is 11.2. The first kappa shape index (κ1) is 14.8. The van der Waals surface area contributed by atoms with Crippen LogP contribution in [0.5, 0.6) is 0 Å². The van der Waals surface area contributed by atoms with E-state index in [1.807, 2.05) is 54.6 Å². The molecule has 1 amide bonds. The topological polar surface area (TPSA) is 71.2 Å². The maximum atomic E-state index is 12.0. The van der Waals surface area contributed by atoms with Crippen molar-refractivity contribution in [2.75, 3.05) is 6.61 Å². The fourth-order valence-electron chi connectivity index (χ4n) is 2.24. The lowest BCUT2D eigenvalue weighted by molar-refractivity contribution is -0.124. The zero-order valence-corrected chi connectivity index (χ0v) is 12.4. The van der Waals surface area contributed by atoms with E-state index in [2.05, 4.69) is 10.3 Å². The number of carbonyl (C=O) groups excluding carboxylic acids is 2. The Bertz CT molecular complexity index is 791. The number of benzene rings is 2. The van der Waals surface area contributed by atoms with Gasteiger partial charge in [0.2, 0.25) is 0 Å². The lowest BCUT2D eigenvalue weighted by Gasteiger charge is -2.06. The van der Waals surface area contributed by atoms with Crippen LogP contribution in [0.1, 0.15) is 16.1 Å². The third kappa shape index (κ3) is 3.77. The highest BCUT2D eigenvalue weighted by molar-refractivity contribution is 5.95. The van der Waals surface area contributed by atoms with Gasteiger partial charge < -0.3 is 15.0 Å². The minimum absolute atomic E-state index is 0.305. The molecule has 0 unspecified atom stereocenters. The van der Waals surface area contributed by atoms with Crippen molar-refractivity contribution in [1.29, 1.82) is 0 Å². The third-order valence-corrected chi connectivity index (χ3v) is 3.42. The number of rotatable bonds is 5. The van der Waals surface area contributed by atoms with Gasteiger partial charge in [0.1, 0.15) is 5.69 Å². The minimum atomic E-state index is -0.545. The fraction of sp³-hybridized carbons (Fsp3) is 0.111. The van der Waals surface area contributed by atoms with Crippen LogP contribution in [0.15, 0.2) is 60.7 Å². The predicted octanol–water partition coefficient (Wildman–Crippen LogP) is 2.64. The quantitative estimate of drug-likeness (QED) is 0.712. The van der Waals surface area contributed by atoms with Gasteiger partial charge in [-0.1, -0.05) is 48.5 Å². The molecule has 0 spiro atoms. The van der Waals surface area contributed by atoms with E-state index in [0.717, 1.165) is 16.5 Å². The number of hydrogen-bond acceptors (Lipinski definition) is 3. The highest BCUT2D eigenvalue weighted by atomic mass is 16.5. The van der Waals surface area contributed by atoms with E-state index in [0.29, 0.717) is 12.2 Å². The van der Waals surface area contributed by atoms with Crippen molar-refractivity contribution in [2.24, 2.45) is 0 Å². The van der Waals surface area contributed by atoms with Crippen LogP contribution in [0.3, 0.4) is 0 Å². The van der Waals surface area contributed by atoms with Crippen molar-refractivity contribution < 1.29 is 14.3 Å². The minimum Gasteiger partial charge on any atom is -0.451 e. The average molecular weight is 308 g/mol. The van der Waals surface area contributed by atoms with Crippen molar-refractivity contribution in [3.63, 3.8) is 0 Å². The molecule has 1 aromatic heterocycles. The smallest absolute Gasteiger partial charge is 0.355 e. The highest BCUT2D eigenvalue weighted by Crippen LogP contribution is 2.15. The molecule has 5 nitrogen and oxygen atoms in total. The number of nitrogens with one attached hydrogen (secondary N) is 2. The highest BCUT2D eigenvalue weighted by Gasteiger charge is 2.12. The van der Waals surface area contributed by atoms with Gasteiger partial charge in [-0.3, -0.25) is 4.79 Å². The molecule has 3 aromatic rings. The number of aromatic amines is 1. The third-order valence-electron chi connectivity index (χ3n) is 3.42. The van der Waals surface area contributed by atoms with Crippen LogP contribution in [0, 0.1) is 0 Å². The number of hydrogen-bond donors (Lipinski definition) is 2. The summed E-state index contributed by atoms with van der Waals surface area (Å²) in [6, 6.07) is 18.8. The van der Waals surface area contributed by atoms with Gasteiger partial charge >= 0.3 is 5.97 Å². The Balaban J connectivity index is 1.51. The molecule has 0 aliphatic carbocycles. The second kappa shape index (κ2) is 6.79. The second-order valence-corrected chi connectivity index (χ2v) is 5.11. The van der Waals surface area contributed by atoms with Crippen LogP contribution < -0.4 is 5.32 Å². The van der Waals surface area contributed by atoms with E-state index < -0.39 is 5.97 Å². The molecule has 0 saturated heterocycles. The van der Waals surface area contributed by atoms with E-state index in [-0.39, 0.29) is 12.5 Å². The lowest BCUT2D eigenvalue weighted by atomic mass is 10.2. The second-order valence-electron chi connectivity index (χ2n) is 5.11. The molecule has 5 heteroatoms. The van der Waals surface area contributed by atoms with Gasteiger partial charge in [0.05, 0.1) is 0 Å². The van der Waals surface area contributed by atoms with E-state index in [1.54, 1.807) is 6.07 Å². The van der Waals surface area contributed by atoms with Crippen LogP contribution in [0.2, 0.25) is 0 Å². The molecule has 0 bridgehead atoms. The molecule has 23 heavy (non-hydrogen) atoms. The summed E-state index contributed by atoms with van der Waals surface area (Å²) in [5, 5.41) is 3.63. The number of amides is 1. The summed E-state index contributed by atoms with van der Waals surface area (Å²) in [7, 11) is 0. The van der Waals surface area contributed by atoms with E-state index in [4.69, 9.17) is 4.74 Å². The van der Waals surface area contributed by atoms with Crippen LogP contribution >= 0.6 is 0 Å². The molecule has 0 atom stereocenters. The van der Waals surface area contributed by atoms with Crippen LogP contribution in [0.25, 0.3) is 10.9 Å². The maximum Gasteiger partial charge on any atom is 0.355 e. The summed E-state index contributed by atoms with van der Waals surface area (Å²) in [4.78, 5) is 26.7. The summed E-state index contributed by atoms with van der Waals surface area (Å²) in [5.41, 5.74) is 2.18. The average Bonchev–Trinajstić information content (AvgIpc) is 3.03. The monoisotopic (exact) mass is 308 g/mol. The van der Waals surface area contributed by atoms with Crippen molar-refractivity contribution in [3.05, 3.63) is 71.9 Å². The van der Waals surface area contributed by atoms with Crippen molar-refractivity contribution in [2.45, 2.75) is 6.54 Å². The summed E-state index contributed by atoms with van der Waals surface area (Å²) >= 11 is 0. The zero-order valence-electron chi connectivity index (χ0n) is 12.4. The van der Waals surface area contributed by atoms with Gasteiger partial charge in [0, 0.05) is 17.4 Å². The standard InChI is InChI=1S/C18H16N2O3/c21-17(19-11-13-6-2-1-3-7-13)12-23-18(22)16-10-14-8-4-5-9-15(14)20-16/h1-10,20H,11-12H2,(H,19,21). The SMILES string of the molecule is O=C(COC(=O)c1cc2ccccc2[nH]1)NCc1ccccc1. The molecule has 0 aliphatic rings. The Hall–Kier alpha value is -3.08. The molecule has 3 rings (SSSR count). The summed E-state index contributed by atoms with van der Waals surface area (Å²) in [6.07, 6.45) is 0.